The lowest BCUT2D eigenvalue weighted by atomic mass is 9.93. The van der Waals surface area contributed by atoms with Gasteiger partial charge in [-0.1, -0.05) is 12.1 Å². The van der Waals surface area contributed by atoms with Gasteiger partial charge in [-0.25, -0.2) is 0 Å². The molecule has 4 rings (SSSR count). The fourth-order valence-electron chi connectivity index (χ4n) is 4.66. The zero-order valence-electron chi connectivity index (χ0n) is 17.6. The molecule has 1 aromatic heterocycles. The Bertz CT molecular complexity index is 781. The molecule has 158 valence electrons. The van der Waals surface area contributed by atoms with E-state index in [2.05, 4.69) is 20.1 Å². The number of carbonyl (C=O) groups is 1. The number of para-hydroxylation sites is 2. The predicted molar refractivity (Wildman–Crippen MR) is 115 cm³/mol. The van der Waals surface area contributed by atoms with Crippen molar-refractivity contribution in [1.29, 1.82) is 0 Å². The van der Waals surface area contributed by atoms with Crippen LogP contribution in [0, 0.1) is 5.92 Å². The molecule has 0 saturated carbocycles. The number of nitrogens with zero attached hydrogens (tertiary/aromatic N) is 4. The van der Waals surface area contributed by atoms with Crippen molar-refractivity contribution in [2.75, 3.05) is 58.3 Å². The molecule has 2 aliphatic rings. The van der Waals surface area contributed by atoms with Crippen LogP contribution < -0.4 is 10.2 Å². The number of amides is 1. The van der Waals surface area contributed by atoms with E-state index in [1.165, 1.54) is 0 Å². The first kappa shape index (κ1) is 20.2. The van der Waals surface area contributed by atoms with Crippen LogP contribution in [0.4, 0.5) is 6.01 Å². The van der Waals surface area contributed by atoms with Crippen LogP contribution in [0.2, 0.25) is 0 Å². The summed E-state index contributed by atoms with van der Waals surface area (Å²) in [7, 11) is 3.85. The normalized spacial score (nSPS) is 21.6. The van der Waals surface area contributed by atoms with Crippen LogP contribution in [0.5, 0.6) is 0 Å². The standard InChI is InChI=1S/C22H33N5O2/c1-23-11-15-25(2)21(28)17-6-5-12-27(16-17)18-9-13-26(14-10-18)22-24-19-7-3-4-8-20(19)29-22/h3-4,7-8,17-18,23H,5-6,9-16H2,1-2H3/t17-/m0/s1. The van der Waals surface area contributed by atoms with Gasteiger partial charge in [0, 0.05) is 45.8 Å². The van der Waals surface area contributed by atoms with Crippen LogP contribution in [0.1, 0.15) is 25.7 Å². The molecule has 1 amide bonds. The van der Waals surface area contributed by atoms with Gasteiger partial charge in [0.05, 0.1) is 5.92 Å². The summed E-state index contributed by atoms with van der Waals surface area (Å²) in [4.78, 5) is 24.1. The number of aromatic nitrogens is 1. The lowest BCUT2D eigenvalue weighted by Crippen LogP contribution is -2.51. The van der Waals surface area contributed by atoms with Crippen LogP contribution in [-0.4, -0.2) is 80.1 Å². The minimum Gasteiger partial charge on any atom is -0.423 e. The molecule has 0 spiro atoms. The third-order valence-corrected chi connectivity index (χ3v) is 6.41. The van der Waals surface area contributed by atoms with Crippen molar-refractivity contribution in [1.82, 2.24) is 20.1 Å². The van der Waals surface area contributed by atoms with Crippen LogP contribution >= 0.6 is 0 Å². The summed E-state index contributed by atoms with van der Waals surface area (Å²) in [5.74, 6) is 0.439. The molecule has 0 radical (unpaired) electrons. The van der Waals surface area contributed by atoms with E-state index in [-0.39, 0.29) is 5.92 Å². The fraction of sp³-hybridized carbons (Fsp3) is 0.636. The molecule has 1 N–H and O–H groups in total. The van der Waals surface area contributed by atoms with E-state index in [0.29, 0.717) is 11.9 Å². The summed E-state index contributed by atoms with van der Waals surface area (Å²) in [6.07, 6.45) is 4.31. The molecule has 3 heterocycles. The third-order valence-electron chi connectivity index (χ3n) is 6.41. The van der Waals surface area contributed by atoms with Crippen LogP contribution in [0.3, 0.4) is 0 Å². The zero-order chi connectivity index (χ0) is 20.2. The number of carbonyl (C=O) groups excluding carboxylic acids is 1. The highest BCUT2D eigenvalue weighted by Crippen LogP contribution is 2.28. The van der Waals surface area contributed by atoms with E-state index >= 15 is 0 Å². The van der Waals surface area contributed by atoms with Gasteiger partial charge in [0.25, 0.3) is 6.01 Å². The van der Waals surface area contributed by atoms with Crippen LogP contribution in [-0.2, 0) is 4.79 Å². The van der Waals surface area contributed by atoms with Crippen molar-refractivity contribution >= 4 is 23.0 Å². The summed E-state index contributed by atoms with van der Waals surface area (Å²) in [6, 6.07) is 9.22. The minimum absolute atomic E-state index is 0.140. The molecular weight excluding hydrogens is 366 g/mol. The highest BCUT2D eigenvalue weighted by atomic mass is 16.4. The quantitative estimate of drug-likeness (QED) is 0.803. The Labute approximate surface area is 173 Å². The molecule has 0 aliphatic carbocycles. The van der Waals surface area contributed by atoms with E-state index in [1.807, 2.05) is 43.3 Å². The van der Waals surface area contributed by atoms with Crippen LogP contribution in [0.25, 0.3) is 11.1 Å². The monoisotopic (exact) mass is 399 g/mol. The molecule has 2 aliphatic heterocycles. The predicted octanol–water partition coefficient (Wildman–Crippen LogP) is 2.19. The summed E-state index contributed by atoms with van der Waals surface area (Å²) in [6.45, 7) is 5.53. The molecule has 7 nitrogen and oxygen atoms in total. The third kappa shape index (κ3) is 4.56. The maximum atomic E-state index is 12.8. The number of fused-ring (bicyclic) bond motifs is 1. The number of rotatable bonds is 6. The average molecular weight is 400 g/mol. The van der Waals surface area contributed by atoms with Crippen molar-refractivity contribution in [2.45, 2.75) is 31.7 Å². The molecule has 0 bridgehead atoms. The Morgan fingerprint density at radius 2 is 2.03 bits per heavy atom. The second-order valence-corrected chi connectivity index (χ2v) is 8.38. The van der Waals surface area contributed by atoms with Crippen molar-refractivity contribution < 1.29 is 9.21 Å². The zero-order valence-corrected chi connectivity index (χ0v) is 17.6. The number of piperidine rings is 2. The topological polar surface area (TPSA) is 64.9 Å². The number of oxazole rings is 1. The van der Waals surface area contributed by atoms with Gasteiger partial charge in [0.15, 0.2) is 5.58 Å². The number of hydrogen-bond acceptors (Lipinski definition) is 6. The smallest absolute Gasteiger partial charge is 0.298 e. The van der Waals surface area contributed by atoms with E-state index in [9.17, 15) is 4.79 Å². The Morgan fingerprint density at radius 3 is 2.79 bits per heavy atom. The molecule has 0 unspecified atom stereocenters. The highest BCUT2D eigenvalue weighted by molar-refractivity contribution is 5.79. The molecule has 7 heteroatoms. The van der Waals surface area contributed by atoms with Gasteiger partial charge in [-0.05, 0) is 51.4 Å². The average Bonchev–Trinajstić information content (AvgIpc) is 3.21. The number of anilines is 1. The largest absolute Gasteiger partial charge is 0.423 e. The van der Waals surface area contributed by atoms with Gasteiger partial charge in [-0.15, -0.1) is 0 Å². The van der Waals surface area contributed by atoms with E-state index in [1.54, 1.807) is 0 Å². The van der Waals surface area contributed by atoms with Crippen LogP contribution in [0.15, 0.2) is 28.7 Å². The molecule has 1 atom stereocenters. The number of likely N-dealkylation sites (tertiary alicyclic amines) is 1. The van der Waals surface area contributed by atoms with E-state index in [0.717, 1.165) is 82.1 Å². The highest BCUT2D eigenvalue weighted by Gasteiger charge is 2.33. The molecule has 1 aromatic carbocycles. The minimum atomic E-state index is 0.140. The van der Waals surface area contributed by atoms with Gasteiger partial charge in [0.2, 0.25) is 5.91 Å². The number of benzene rings is 1. The first-order valence-electron chi connectivity index (χ1n) is 10.9. The molecule has 2 saturated heterocycles. The summed E-state index contributed by atoms with van der Waals surface area (Å²) in [5.41, 5.74) is 1.77. The SMILES string of the molecule is CNCCN(C)C(=O)[C@H]1CCCN(C2CCN(c3nc4ccccc4o3)CC2)C1. The Hall–Kier alpha value is -2.12. The summed E-state index contributed by atoms with van der Waals surface area (Å²) < 4.78 is 5.94. The second kappa shape index (κ2) is 9.13. The number of likely N-dealkylation sites (N-methyl/N-ethyl adjacent to an activating group) is 2. The summed E-state index contributed by atoms with van der Waals surface area (Å²) in [5, 5.41) is 3.12. The maximum Gasteiger partial charge on any atom is 0.298 e. The molecular formula is C22H33N5O2. The molecule has 29 heavy (non-hydrogen) atoms. The molecule has 2 fully saturated rings. The lowest BCUT2D eigenvalue weighted by Gasteiger charge is -2.42. The fourth-order valence-corrected chi connectivity index (χ4v) is 4.66. The van der Waals surface area contributed by atoms with Crippen molar-refractivity contribution in [3.63, 3.8) is 0 Å². The maximum absolute atomic E-state index is 12.8. The number of hydrogen-bond donors (Lipinski definition) is 1. The van der Waals surface area contributed by atoms with Crippen molar-refractivity contribution in [2.24, 2.45) is 5.92 Å². The van der Waals surface area contributed by atoms with Crippen molar-refractivity contribution in [3.05, 3.63) is 24.3 Å². The van der Waals surface area contributed by atoms with E-state index < -0.39 is 0 Å². The first-order chi connectivity index (χ1) is 14.2. The molecule has 2 aromatic rings. The van der Waals surface area contributed by atoms with Gasteiger partial charge in [-0.3, -0.25) is 9.69 Å². The Morgan fingerprint density at radius 1 is 1.24 bits per heavy atom. The Kier molecular flexibility index (Phi) is 6.35. The van der Waals surface area contributed by atoms with Crippen molar-refractivity contribution in [3.8, 4) is 0 Å². The van der Waals surface area contributed by atoms with Gasteiger partial charge < -0.3 is 19.5 Å². The number of nitrogens with one attached hydrogen (secondary N) is 1. The second-order valence-electron chi connectivity index (χ2n) is 8.38. The van der Waals surface area contributed by atoms with Gasteiger partial charge >= 0.3 is 0 Å². The van der Waals surface area contributed by atoms with E-state index in [4.69, 9.17) is 4.42 Å². The Balaban J connectivity index is 1.31. The van der Waals surface area contributed by atoms with Gasteiger partial charge in [-0.2, -0.15) is 4.98 Å². The first-order valence-corrected chi connectivity index (χ1v) is 10.9. The van der Waals surface area contributed by atoms with Gasteiger partial charge in [0.1, 0.15) is 5.52 Å². The summed E-state index contributed by atoms with van der Waals surface area (Å²) >= 11 is 0. The lowest BCUT2D eigenvalue weighted by molar-refractivity contribution is -0.136.